The lowest BCUT2D eigenvalue weighted by molar-refractivity contribution is -0.123. The Morgan fingerprint density at radius 2 is 2.30 bits per heavy atom. The number of aromatic nitrogens is 2. The summed E-state index contributed by atoms with van der Waals surface area (Å²) in [4.78, 5) is 28.9. The van der Waals surface area contributed by atoms with Crippen molar-refractivity contribution >= 4 is 27.5 Å². The van der Waals surface area contributed by atoms with Crippen molar-refractivity contribution in [1.82, 2.24) is 14.9 Å². The SMILES string of the molecule is CC(C)(CCO)NC(=O)Cn1cnc2sccc2c1=O. The summed E-state index contributed by atoms with van der Waals surface area (Å²) in [6, 6.07) is 1.71. The van der Waals surface area contributed by atoms with Crippen LogP contribution in [-0.4, -0.2) is 32.7 Å². The monoisotopic (exact) mass is 295 g/mol. The average Bonchev–Trinajstić information content (AvgIpc) is 2.80. The molecule has 2 aromatic heterocycles. The number of hydrogen-bond acceptors (Lipinski definition) is 5. The maximum atomic E-state index is 12.1. The molecule has 0 spiro atoms. The first kappa shape index (κ1) is 14.7. The van der Waals surface area contributed by atoms with E-state index in [0.717, 1.165) is 0 Å². The van der Waals surface area contributed by atoms with Crippen LogP contribution in [0.5, 0.6) is 0 Å². The van der Waals surface area contributed by atoms with E-state index in [1.807, 2.05) is 13.8 Å². The first-order valence-electron chi connectivity index (χ1n) is 6.27. The third-order valence-electron chi connectivity index (χ3n) is 2.98. The second-order valence-corrected chi connectivity index (χ2v) is 6.12. The molecule has 0 fully saturated rings. The van der Waals surface area contributed by atoms with E-state index in [4.69, 9.17) is 5.11 Å². The van der Waals surface area contributed by atoms with Gasteiger partial charge >= 0.3 is 0 Å². The lowest BCUT2D eigenvalue weighted by Crippen LogP contribution is -2.46. The van der Waals surface area contributed by atoms with Gasteiger partial charge in [-0.3, -0.25) is 14.2 Å². The normalized spacial score (nSPS) is 11.8. The molecule has 2 aromatic rings. The first-order chi connectivity index (χ1) is 9.43. The molecule has 0 atom stereocenters. The number of carbonyl (C=O) groups excluding carboxylic acids is 1. The van der Waals surface area contributed by atoms with Crippen molar-refractivity contribution in [2.75, 3.05) is 6.61 Å². The predicted octanol–water partition coefficient (Wildman–Crippen LogP) is 0.735. The van der Waals surface area contributed by atoms with Crippen LogP contribution in [-0.2, 0) is 11.3 Å². The highest BCUT2D eigenvalue weighted by Crippen LogP contribution is 2.13. The van der Waals surface area contributed by atoms with Crippen LogP contribution >= 0.6 is 11.3 Å². The molecule has 0 radical (unpaired) electrons. The molecule has 0 aliphatic carbocycles. The highest BCUT2D eigenvalue weighted by molar-refractivity contribution is 7.16. The molecule has 2 N–H and O–H groups in total. The van der Waals surface area contributed by atoms with E-state index in [1.54, 1.807) is 11.4 Å². The van der Waals surface area contributed by atoms with Crippen molar-refractivity contribution in [2.45, 2.75) is 32.4 Å². The molecule has 0 aliphatic heterocycles. The van der Waals surface area contributed by atoms with Gasteiger partial charge in [-0.2, -0.15) is 0 Å². The van der Waals surface area contributed by atoms with Crippen molar-refractivity contribution in [3.63, 3.8) is 0 Å². The number of nitrogens with zero attached hydrogens (tertiary/aromatic N) is 2. The first-order valence-corrected chi connectivity index (χ1v) is 7.15. The number of carbonyl (C=O) groups is 1. The van der Waals surface area contributed by atoms with Gasteiger partial charge in [-0.25, -0.2) is 4.98 Å². The van der Waals surface area contributed by atoms with Gasteiger partial charge < -0.3 is 10.4 Å². The summed E-state index contributed by atoms with van der Waals surface area (Å²) < 4.78 is 1.29. The van der Waals surface area contributed by atoms with Crippen LogP contribution in [0.15, 0.2) is 22.6 Å². The van der Waals surface area contributed by atoms with Gasteiger partial charge in [-0.15, -0.1) is 11.3 Å². The molecule has 108 valence electrons. The van der Waals surface area contributed by atoms with Crippen molar-refractivity contribution in [2.24, 2.45) is 0 Å². The molecule has 6 nitrogen and oxygen atoms in total. The predicted molar refractivity (Wildman–Crippen MR) is 77.8 cm³/mol. The Morgan fingerprint density at radius 3 is 3.00 bits per heavy atom. The third-order valence-corrected chi connectivity index (χ3v) is 3.80. The van der Waals surface area contributed by atoms with Crippen LogP contribution in [0.4, 0.5) is 0 Å². The summed E-state index contributed by atoms with van der Waals surface area (Å²) in [5.74, 6) is -0.276. The fourth-order valence-electron chi connectivity index (χ4n) is 1.92. The Hall–Kier alpha value is -1.73. The van der Waals surface area contributed by atoms with Crippen LogP contribution in [0.3, 0.4) is 0 Å². The summed E-state index contributed by atoms with van der Waals surface area (Å²) in [6.45, 7) is 3.57. The van der Waals surface area contributed by atoms with Gasteiger partial charge in [0.25, 0.3) is 5.56 Å². The number of aliphatic hydroxyl groups is 1. The Kier molecular flexibility index (Phi) is 4.20. The average molecular weight is 295 g/mol. The second kappa shape index (κ2) is 5.72. The Bertz CT molecular complexity index is 675. The van der Waals surface area contributed by atoms with Gasteiger partial charge in [0.1, 0.15) is 11.4 Å². The molecular formula is C13H17N3O3S. The van der Waals surface area contributed by atoms with E-state index in [2.05, 4.69) is 10.3 Å². The van der Waals surface area contributed by atoms with Crippen LogP contribution in [0.25, 0.3) is 10.2 Å². The molecule has 0 saturated heterocycles. The smallest absolute Gasteiger partial charge is 0.262 e. The molecule has 0 aliphatic rings. The molecule has 2 rings (SSSR count). The summed E-state index contributed by atoms with van der Waals surface area (Å²) in [5.41, 5.74) is -0.721. The summed E-state index contributed by atoms with van der Waals surface area (Å²) in [5, 5.41) is 14.0. The zero-order chi connectivity index (χ0) is 14.8. The van der Waals surface area contributed by atoms with E-state index in [0.29, 0.717) is 16.6 Å². The zero-order valence-corrected chi connectivity index (χ0v) is 12.2. The van der Waals surface area contributed by atoms with Gasteiger partial charge in [0, 0.05) is 12.1 Å². The van der Waals surface area contributed by atoms with Gasteiger partial charge in [-0.1, -0.05) is 0 Å². The van der Waals surface area contributed by atoms with E-state index >= 15 is 0 Å². The highest BCUT2D eigenvalue weighted by Gasteiger charge is 2.20. The van der Waals surface area contributed by atoms with Crippen molar-refractivity contribution in [3.05, 3.63) is 28.1 Å². The lowest BCUT2D eigenvalue weighted by Gasteiger charge is -2.25. The van der Waals surface area contributed by atoms with Gasteiger partial charge in [-0.05, 0) is 31.7 Å². The van der Waals surface area contributed by atoms with Gasteiger partial charge in [0.05, 0.1) is 11.7 Å². The quantitative estimate of drug-likeness (QED) is 0.852. The lowest BCUT2D eigenvalue weighted by atomic mass is 10.0. The Morgan fingerprint density at radius 1 is 1.55 bits per heavy atom. The summed E-state index contributed by atoms with van der Waals surface area (Å²) >= 11 is 1.39. The topological polar surface area (TPSA) is 84.2 Å². The molecule has 0 bridgehead atoms. The Labute approximate surface area is 120 Å². The van der Waals surface area contributed by atoms with Gasteiger partial charge in [0.15, 0.2) is 0 Å². The van der Waals surface area contributed by atoms with E-state index in [9.17, 15) is 9.59 Å². The van der Waals surface area contributed by atoms with Crippen molar-refractivity contribution in [1.29, 1.82) is 0 Å². The molecular weight excluding hydrogens is 278 g/mol. The summed E-state index contributed by atoms with van der Waals surface area (Å²) in [7, 11) is 0. The summed E-state index contributed by atoms with van der Waals surface area (Å²) in [6.07, 6.45) is 1.84. The number of amides is 1. The fraction of sp³-hybridized carbons (Fsp3) is 0.462. The van der Waals surface area contributed by atoms with Crippen molar-refractivity contribution in [3.8, 4) is 0 Å². The molecule has 0 saturated carbocycles. The molecule has 7 heteroatoms. The number of hydrogen-bond donors (Lipinski definition) is 2. The number of aliphatic hydroxyl groups excluding tert-OH is 1. The number of fused-ring (bicyclic) bond motifs is 1. The van der Waals surface area contributed by atoms with E-state index < -0.39 is 5.54 Å². The number of rotatable bonds is 5. The zero-order valence-electron chi connectivity index (χ0n) is 11.4. The van der Waals surface area contributed by atoms with E-state index in [1.165, 1.54) is 22.2 Å². The van der Waals surface area contributed by atoms with Crippen LogP contribution in [0, 0.1) is 0 Å². The van der Waals surface area contributed by atoms with Crippen LogP contribution in [0.1, 0.15) is 20.3 Å². The molecule has 20 heavy (non-hydrogen) atoms. The maximum absolute atomic E-state index is 12.1. The number of nitrogens with one attached hydrogen (secondary N) is 1. The minimum absolute atomic E-state index is 0.00432. The third kappa shape index (κ3) is 3.23. The standard InChI is InChI=1S/C13H17N3O3S/c1-13(2,4-5-17)15-10(18)7-16-8-14-11-9(12(16)19)3-6-20-11/h3,6,8,17H,4-5,7H2,1-2H3,(H,15,18). The minimum Gasteiger partial charge on any atom is -0.396 e. The fourth-order valence-corrected chi connectivity index (χ4v) is 2.64. The van der Waals surface area contributed by atoms with Crippen LogP contribution < -0.4 is 10.9 Å². The Balaban J connectivity index is 2.14. The van der Waals surface area contributed by atoms with Crippen molar-refractivity contribution < 1.29 is 9.90 Å². The molecule has 1 amide bonds. The molecule has 0 aromatic carbocycles. The second-order valence-electron chi connectivity index (χ2n) is 5.22. The number of thiophene rings is 1. The van der Waals surface area contributed by atoms with Gasteiger partial charge in [0.2, 0.25) is 5.91 Å². The highest BCUT2D eigenvalue weighted by atomic mass is 32.1. The van der Waals surface area contributed by atoms with Crippen LogP contribution in [0.2, 0.25) is 0 Å². The van der Waals surface area contributed by atoms with E-state index in [-0.39, 0.29) is 24.6 Å². The molecule has 2 heterocycles. The maximum Gasteiger partial charge on any atom is 0.262 e. The largest absolute Gasteiger partial charge is 0.396 e. The molecule has 0 unspecified atom stereocenters. The minimum atomic E-state index is -0.505.